The van der Waals surface area contributed by atoms with Gasteiger partial charge in [-0.3, -0.25) is 0 Å². The van der Waals surface area contributed by atoms with Crippen LogP contribution in [0, 0.1) is 0 Å². The van der Waals surface area contributed by atoms with Gasteiger partial charge in [0.25, 0.3) is 0 Å². The van der Waals surface area contributed by atoms with E-state index in [2.05, 4.69) is 38.3 Å². The number of aromatic nitrogens is 3. The van der Waals surface area contributed by atoms with Crippen molar-refractivity contribution in [3.63, 3.8) is 0 Å². The zero-order valence-corrected chi connectivity index (χ0v) is 12.5. The fourth-order valence-electron chi connectivity index (χ4n) is 3.28. The Balaban J connectivity index is 1.39. The number of nitrogens with one attached hydrogen (secondary N) is 1. The van der Waals surface area contributed by atoms with Crippen LogP contribution in [0.25, 0.3) is 0 Å². The van der Waals surface area contributed by atoms with E-state index in [1.165, 1.54) is 11.1 Å². The Bertz CT molecular complexity index is 708. The van der Waals surface area contributed by atoms with E-state index in [1.54, 1.807) is 0 Å². The Morgan fingerprint density at radius 1 is 1.14 bits per heavy atom. The lowest BCUT2D eigenvalue weighted by Gasteiger charge is -2.28. The number of hydrogen-bond donors (Lipinski definition) is 1. The maximum atomic E-state index is 12.4. The van der Waals surface area contributed by atoms with Crippen molar-refractivity contribution in [2.24, 2.45) is 0 Å². The van der Waals surface area contributed by atoms with Gasteiger partial charge in [-0.25, -0.2) is 4.79 Å². The first-order valence-electron chi connectivity index (χ1n) is 7.82. The van der Waals surface area contributed by atoms with Gasteiger partial charge in [-0.05, 0) is 24.0 Å². The van der Waals surface area contributed by atoms with Crippen LogP contribution < -0.4 is 5.32 Å². The molecule has 0 saturated carbocycles. The van der Waals surface area contributed by atoms with Crippen LogP contribution >= 0.6 is 0 Å². The highest BCUT2D eigenvalue weighted by Gasteiger charge is 2.22. The van der Waals surface area contributed by atoms with Crippen LogP contribution in [0.2, 0.25) is 0 Å². The monoisotopic (exact) mass is 297 g/mol. The molecule has 1 aromatic carbocycles. The smallest absolute Gasteiger partial charge is 0.318 e. The summed E-state index contributed by atoms with van der Waals surface area (Å²) in [5, 5.41) is 11.3. The quantitative estimate of drug-likeness (QED) is 0.913. The summed E-state index contributed by atoms with van der Waals surface area (Å²) >= 11 is 0. The van der Waals surface area contributed by atoms with E-state index in [1.807, 2.05) is 11.0 Å². The molecule has 0 fully saturated rings. The molecule has 1 aromatic heterocycles. The van der Waals surface area contributed by atoms with Gasteiger partial charge in [-0.1, -0.05) is 24.3 Å². The molecule has 4 rings (SSSR count). The number of fused-ring (bicyclic) bond motifs is 2. The molecule has 2 aliphatic rings. The molecule has 0 spiro atoms. The Hall–Kier alpha value is -2.37. The minimum Gasteiger partial charge on any atom is -0.331 e. The highest BCUT2D eigenvalue weighted by atomic mass is 16.2. The van der Waals surface area contributed by atoms with Gasteiger partial charge in [0.15, 0.2) is 5.82 Å². The van der Waals surface area contributed by atoms with E-state index in [4.69, 9.17) is 0 Å². The largest absolute Gasteiger partial charge is 0.331 e. The SMILES string of the molecule is O=C(NCc1nnc2n1CCC2)N1CCc2ccccc2C1. The number of urea groups is 1. The molecule has 0 unspecified atom stereocenters. The standard InChI is InChI=1S/C16H19N5O/c22-16(17-10-15-19-18-14-6-3-8-21(14)15)20-9-7-12-4-1-2-5-13(12)11-20/h1-2,4-5H,3,6-11H2,(H,17,22). The summed E-state index contributed by atoms with van der Waals surface area (Å²) in [5.41, 5.74) is 2.59. The van der Waals surface area contributed by atoms with E-state index in [-0.39, 0.29) is 6.03 Å². The number of aryl methyl sites for hydroxylation is 1. The minimum atomic E-state index is -0.0233. The van der Waals surface area contributed by atoms with Crippen molar-refractivity contribution in [3.05, 3.63) is 47.0 Å². The minimum absolute atomic E-state index is 0.0233. The highest BCUT2D eigenvalue weighted by Crippen LogP contribution is 2.18. The first kappa shape index (κ1) is 13.3. The third-order valence-corrected chi connectivity index (χ3v) is 4.50. The van der Waals surface area contributed by atoms with Gasteiger partial charge in [0, 0.05) is 26.1 Å². The Morgan fingerprint density at radius 3 is 2.91 bits per heavy atom. The van der Waals surface area contributed by atoms with Crippen LogP contribution in [0.4, 0.5) is 4.79 Å². The lowest BCUT2D eigenvalue weighted by atomic mass is 10.0. The fourth-order valence-corrected chi connectivity index (χ4v) is 3.28. The molecule has 2 amide bonds. The number of carbonyl (C=O) groups is 1. The van der Waals surface area contributed by atoms with Crippen molar-refractivity contribution in [1.82, 2.24) is 25.0 Å². The maximum Gasteiger partial charge on any atom is 0.318 e. The number of benzene rings is 1. The molecule has 0 bridgehead atoms. The maximum absolute atomic E-state index is 12.4. The van der Waals surface area contributed by atoms with E-state index in [0.29, 0.717) is 13.1 Å². The van der Waals surface area contributed by atoms with E-state index in [9.17, 15) is 4.79 Å². The van der Waals surface area contributed by atoms with E-state index in [0.717, 1.165) is 44.0 Å². The molecule has 0 atom stereocenters. The predicted octanol–water partition coefficient (Wildman–Crippen LogP) is 1.49. The molecule has 6 heteroatoms. The van der Waals surface area contributed by atoms with Crippen molar-refractivity contribution in [2.75, 3.05) is 6.54 Å². The van der Waals surface area contributed by atoms with Gasteiger partial charge in [0.2, 0.25) is 0 Å². The van der Waals surface area contributed by atoms with Crippen LogP contribution in [0.5, 0.6) is 0 Å². The molecule has 0 aliphatic carbocycles. The van der Waals surface area contributed by atoms with Crippen LogP contribution in [0.15, 0.2) is 24.3 Å². The summed E-state index contributed by atoms with van der Waals surface area (Å²) in [6.45, 7) is 2.86. The van der Waals surface area contributed by atoms with E-state index < -0.39 is 0 Å². The molecule has 6 nitrogen and oxygen atoms in total. The van der Waals surface area contributed by atoms with Crippen molar-refractivity contribution in [2.45, 2.75) is 38.9 Å². The summed E-state index contributed by atoms with van der Waals surface area (Å²) in [6, 6.07) is 8.30. The van der Waals surface area contributed by atoms with Gasteiger partial charge in [-0.2, -0.15) is 0 Å². The van der Waals surface area contributed by atoms with Crippen molar-refractivity contribution < 1.29 is 4.79 Å². The summed E-state index contributed by atoms with van der Waals surface area (Å²) < 4.78 is 2.12. The Labute approximate surface area is 129 Å². The topological polar surface area (TPSA) is 63.1 Å². The second-order valence-corrected chi connectivity index (χ2v) is 5.89. The number of amides is 2. The highest BCUT2D eigenvalue weighted by molar-refractivity contribution is 5.74. The van der Waals surface area contributed by atoms with Gasteiger partial charge in [0.05, 0.1) is 6.54 Å². The Kier molecular flexibility index (Phi) is 3.29. The average Bonchev–Trinajstić information content (AvgIpc) is 3.16. The van der Waals surface area contributed by atoms with Gasteiger partial charge in [-0.15, -0.1) is 10.2 Å². The average molecular weight is 297 g/mol. The third kappa shape index (κ3) is 2.34. The van der Waals surface area contributed by atoms with Gasteiger partial charge in [0.1, 0.15) is 5.82 Å². The van der Waals surface area contributed by atoms with Gasteiger partial charge >= 0.3 is 6.03 Å². The fraction of sp³-hybridized carbons (Fsp3) is 0.438. The summed E-state index contributed by atoms with van der Waals surface area (Å²) in [5.74, 6) is 1.90. The first-order chi connectivity index (χ1) is 10.8. The number of carbonyl (C=O) groups excluding carboxylic acids is 1. The molecule has 1 N–H and O–H groups in total. The Morgan fingerprint density at radius 2 is 2.00 bits per heavy atom. The lowest BCUT2D eigenvalue weighted by molar-refractivity contribution is 0.191. The number of nitrogens with zero attached hydrogens (tertiary/aromatic N) is 4. The molecule has 114 valence electrons. The van der Waals surface area contributed by atoms with Crippen molar-refractivity contribution >= 4 is 6.03 Å². The molecule has 2 aliphatic heterocycles. The molecule has 3 heterocycles. The zero-order valence-electron chi connectivity index (χ0n) is 12.5. The van der Waals surface area contributed by atoms with Gasteiger partial charge < -0.3 is 14.8 Å². The second kappa shape index (κ2) is 5.44. The van der Waals surface area contributed by atoms with Crippen molar-refractivity contribution in [1.29, 1.82) is 0 Å². The molecule has 2 aromatic rings. The number of hydrogen-bond acceptors (Lipinski definition) is 3. The third-order valence-electron chi connectivity index (χ3n) is 4.50. The summed E-state index contributed by atoms with van der Waals surface area (Å²) in [4.78, 5) is 14.2. The molecular weight excluding hydrogens is 278 g/mol. The zero-order chi connectivity index (χ0) is 14.9. The number of rotatable bonds is 2. The molecule has 0 radical (unpaired) electrons. The summed E-state index contributed by atoms with van der Waals surface area (Å²) in [7, 11) is 0. The predicted molar refractivity (Wildman–Crippen MR) is 81.1 cm³/mol. The van der Waals surface area contributed by atoms with Crippen LogP contribution in [0.3, 0.4) is 0 Å². The van der Waals surface area contributed by atoms with Crippen LogP contribution in [-0.4, -0.2) is 32.2 Å². The normalized spacial score (nSPS) is 16.3. The van der Waals surface area contributed by atoms with Crippen LogP contribution in [0.1, 0.15) is 29.2 Å². The molecule has 22 heavy (non-hydrogen) atoms. The second-order valence-electron chi connectivity index (χ2n) is 5.89. The summed E-state index contributed by atoms with van der Waals surface area (Å²) in [6.07, 6.45) is 3.03. The molecule has 0 saturated heterocycles. The van der Waals surface area contributed by atoms with Crippen molar-refractivity contribution in [3.8, 4) is 0 Å². The lowest BCUT2D eigenvalue weighted by Crippen LogP contribution is -2.42. The molecular formula is C16H19N5O. The first-order valence-corrected chi connectivity index (χ1v) is 7.82. The van der Waals surface area contributed by atoms with Crippen LogP contribution in [-0.2, 0) is 32.5 Å². The van der Waals surface area contributed by atoms with E-state index >= 15 is 0 Å².